The van der Waals surface area contributed by atoms with Gasteiger partial charge in [-0.1, -0.05) is 6.07 Å². The highest BCUT2D eigenvalue weighted by Gasteiger charge is 2.20. The summed E-state index contributed by atoms with van der Waals surface area (Å²) in [5.41, 5.74) is 0. The van der Waals surface area contributed by atoms with E-state index in [1.54, 1.807) is 23.9 Å². The van der Waals surface area contributed by atoms with Crippen molar-refractivity contribution >= 4 is 11.8 Å². The van der Waals surface area contributed by atoms with Crippen molar-refractivity contribution in [1.29, 1.82) is 0 Å². The van der Waals surface area contributed by atoms with E-state index in [0.29, 0.717) is 6.04 Å². The second kappa shape index (κ2) is 4.99. The molecule has 0 aliphatic carbocycles. The number of benzene rings is 1. The van der Waals surface area contributed by atoms with Crippen molar-refractivity contribution in [3.8, 4) is 0 Å². The lowest BCUT2D eigenvalue weighted by Crippen LogP contribution is -2.26. The summed E-state index contributed by atoms with van der Waals surface area (Å²) < 4.78 is 12.9. The van der Waals surface area contributed by atoms with Crippen LogP contribution >= 0.6 is 11.8 Å². The Balaban J connectivity index is 1.87. The second-order valence-electron chi connectivity index (χ2n) is 4.05. The Morgan fingerprint density at radius 2 is 2.40 bits per heavy atom. The van der Waals surface area contributed by atoms with Crippen molar-refractivity contribution in [2.45, 2.75) is 23.8 Å². The number of nitrogens with zero attached hydrogens (tertiary/aromatic N) is 1. The van der Waals surface area contributed by atoms with Gasteiger partial charge in [0.25, 0.3) is 0 Å². The van der Waals surface area contributed by atoms with Crippen molar-refractivity contribution in [2.75, 3.05) is 19.3 Å². The highest BCUT2D eigenvalue weighted by molar-refractivity contribution is 7.99. The van der Waals surface area contributed by atoms with Gasteiger partial charge < -0.3 is 4.90 Å². The summed E-state index contributed by atoms with van der Waals surface area (Å²) >= 11 is 1.75. The fourth-order valence-corrected chi connectivity index (χ4v) is 3.12. The molecule has 1 atom stereocenters. The van der Waals surface area contributed by atoms with Crippen LogP contribution in [0.25, 0.3) is 0 Å². The van der Waals surface area contributed by atoms with Crippen LogP contribution in [0.1, 0.15) is 12.8 Å². The predicted molar refractivity (Wildman–Crippen MR) is 62.8 cm³/mol. The zero-order chi connectivity index (χ0) is 10.7. The Labute approximate surface area is 94.7 Å². The molecule has 1 fully saturated rings. The molecule has 82 valence electrons. The van der Waals surface area contributed by atoms with Crippen LogP contribution in [0.2, 0.25) is 0 Å². The molecule has 0 N–H and O–H groups in total. The zero-order valence-electron chi connectivity index (χ0n) is 8.95. The molecule has 0 unspecified atom stereocenters. The van der Waals surface area contributed by atoms with Gasteiger partial charge in [0.2, 0.25) is 0 Å². The molecule has 1 nitrogen and oxygen atoms in total. The third-order valence-electron chi connectivity index (χ3n) is 2.91. The van der Waals surface area contributed by atoms with Gasteiger partial charge in [-0.2, -0.15) is 0 Å². The highest BCUT2D eigenvalue weighted by atomic mass is 32.2. The summed E-state index contributed by atoms with van der Waals surface area (Å²) in [6.07, 6.45) is 2.57. The first-order valence-electron chi connectivity index (χ1n) is 5.34. The van der Waals surface area contributed by atoms with Gasteiger partial charge in [-0.25, -0.2) is 4.39 Å². The number of halogens is 1. The molecule has 1 aliphatic rings. The Bertz CT molecular complexity index is 329. The highest BCUT2D eigenvalue weighted by Crippen LogP contribution is 2.24. The smallest absolute Gasteiger partial charge is 0.124 e. The molecular formula is C12H16FNS. The van der Waals surface area contributed by atoms with Crippen molar-refractivity contribution in [3.63, 3.8) is 0 Å². The van der Waals surface area contributed by atoms with Gasteiger partial charge in [0.15, 0.2) is 0 Å². The summed E-state index contributed by atoms with van der Waals surface area (Å²) in [4.78, 5) is 3.43. The molecule has 0 bridgehead atoms. The Hall–Kier alpha value is -0.540. The molecule has 0 radical (unpaired) electrons. The monoisotopic (exact) mass is 225 g/mol. The maximum Gasteiger partial charge on any atom is 0.124 e. The normalized spacial score (nSPS) is 22.1. The minimum absolute atomic E-state index is 0.139. The van der Waals surface area contributed by atoms with Crippen LogP contribution in [0.15, 0.2) is 29.2 Å². The van der Waals surface area contributed by atoms with Gasteiger partial charge in [-0.05, 0) is 44.6 Å². The van der Waals surface area contributed by atoms with Crippen LogP contribution in [0.4, 0.5) is 4.39 Å². The van der Waals surface area contributed by atoms with E-state index in [2.05, 4.69) is 11.9 Å². The van der Waals surface area contributed by atoms with Crippen molar-refractivity contribution in [1.82, 2.24) is 4.90 Å². The number of thioether (sulfide) groups is 1. The van der Waals surface area contributed by atoms with Crippen molar-refractivity contribution in [2.24, 2.45) is 0 Å². The summed E-state index contributed by atoms with van der Waals surface area (Å²) in [6, 6.07) is 7.52. The Kier molecular flexibility index (Phi) is 3.65. The molecule has 3 heteroatoms. The van der Waals surface area contributed by atoms with Crippen molar-refractivity contribution in [3.05, 3.63) is 30.1 Å². The number of rotatable bonds is 3. The summed E-state index contributed by atoms with van der Waals surface area (Å²) in [7, 11) is 2.17. The van der Waals surface area contributed by atoms with E-state index in [9.17, 15) is 4.39 Å². The van der Waals surface area contributed by atoms with Crippen LogP contribution in [0.5, 0.6) is 0 Å². The van der Waals surface area contributed by atoms with Crippen LogP contribution < -0.4 is 0 Å². The van der Waals surface area contributed by atoms with Crippen LogP contribution in [0.3, 0.4) is 0 Å². The minimum atomic E-state index is -0.139. The molecule has 0 saturated carbocycles. The lowest BCUT2D eigenvalue weighted by Gasteiger charge is -2.18. The van der Waals surface area contributed by atoms with Gasteiger partial charge in [0.05, 0.1) is 0 Å². The van der Waals surface area contributed by atoms with Gasteiger partial charge in [0, 0.05) is 16.7 Å². The number of hydrogen-bond acceptors (Lipinski definition) is 2. The van der Waals surface area contributed by atoms with E-state index < -0.39 is 0 Å². The third kappa shape index (κ3) is 2.95. The van der Waals surface area contributed by atoms with E-state index >= 15 is 0 Å². The molecule has 1 saturated heterocycles. The molecule has 0 spiro atoms. The van der Waals surface area contributed by atoms with Gasteiger partial charge in [-0.3, -0.25) is 0 Å². The largest absolute Gasteiger partial charge is 0.303 e. The van der Waals surface area contributed by atoms with Crippen LogP contribution in [-0.2, 0) is 0 Å². The topological polar surface area (TPSA) is 3.24 Å². The quantitative estimate of drug-likeness (QED) is 0.727. The predicted octanol–water partition coefficient (Wildman–Crippen LogP) is 3.01. The number of hydrogen-bond donors (Lipinski definition) is 0. The maximum absolute atomic E-state index is 12.9. The minimum Gasteiger partial charge on any atom is -0.303 e. The average Bonchev–Trinajstić information content (AvgIpc) is 2.61. The van der Waals surface area contributed by atoms with E-state index in [4.69, 9.17) is 0 Å². The molecule has 0 aromatic heterocycles. The molecule has 1 aromatic carbocycles. The van der Waals surface area contributed by atoms with Crippen LogP contribution in [0, 0.1) is 5.82 Å². The van der Waals surface area contributed by atoms with E-state index in [-0.39, 0.29) is 5.82 Å². The first-order valence-corrected chi connectivity index (χ1v) is 6.33. The SMILES string of the molecule is CN1CCC[C@H]1CSc1cccc(F)c1. The van der Waals surface area contributed by atoms with E-state index in [1.165, 1.54) is 25.5 Å². The average molecular weight is 225 g/mol. The first kappa shape index (κ1) is 11.0. The van der Waals surface area contributed by atoms with Gasteiger partial charge >= 0.3 is 0 Å². The Morgan fingerprint density at radius 1 is 1.53 bits per heavy atom. The standard InChI is InChI=1S/C12H16FNS/c1-14-7-3-5-11(14)9-15-12-6-2-4-10(13)8-12/h2,4,6,8,11H,3,5,7,9H2,1H3/t11-/m0/s1. The molecule has 0 amide bonds. The van der Waals surface area contributed by atoms with Gasteiger partial charge in [0.1, 0.15) is 5.82 Å². The maximum atomic E-state index is 12.9. The zero-order valence-corrected chi connectivity index (χ0v) is 9.77. The van der Waals surface area contributed by atoms with Crippen LogP contribution in [-0.4, -0.2) is 30.3 Å². The summed E-state index contributed by atoms with van der Waals surface area (Å²) in [5, 5.41) is 0. The fraction of sp³-hybridized carbons (Fsp3) is 0.500. The number of likely N-dealkylation sites (tertiary alicyclic amines) is 1. The fourth-order valence-electron chi connectivity index (χ4n) is 1.94. The van der Waals surface area contributed by atoms with Crippen molar-refractivity contribution < 1.29 is 4.39 Å². The molecule has 15 heavy (non-hydrogen) atoms. The van der Waals surface area contributed by atoms with Gasteiger partial charge in [-0.15, -0.1) is 11.8 Å². The summed E-state index contributed by atoms with van der Waals surface area (Å²) in [5.74, 6) is 0.930. The molecule has 1 aliphatic heterocycles. The lowest BCUT2D eigenvalue weighted by atomic mass is 10.2. The van der Waals surface area contributed by atoms with E-state index in [0.717, 1.165) is 10.6 Å². The summed E-state index contributed by atoms with van der Waals surface area (Å²) in [6.45, 7) is 1.20. The molecule has 2 rings (SSSR count). The first-order chi connectivity index (χ1) is 7.25. The molecule has 1 heterocycles. The van der Waals surface area contributed by atoms with E-state index in [1.807, 2.05) is 6.07 Å². The lowest BCUT2D eigenvalue weighted by molar-refractivity contribution is 0.335. The molecular weight excluding hydrogens is 209 g/mol. The molecule has 1 aromatic rings. The Morgan fingerprint density at radius 3 is 3.07 bits per heavy atom. The third-order valence-corrected chi connectivity index (χ3v) is 4.05. The second-order valence-corrected chi connectivity index (χ2v) is 5.14.